The molecule has 0 aliphatic heterocycles. The summed E-state index contributed by atoms with van der Waals surface area (Å²) < 4.78 is 0. The number of benzene rings is 1. The topological polar surface area (TPSA) is 63.8 Å². The van der Waals surface area contributed by atoms with Crippen LogP contribution < -0.4 is 11.1 Å². The normalized spacial score (nSPS) is 10.1. The third kappa shape index (κ3) is 2.70. The van der Waals surface area contributed by atoms with Gasteiger partial charge in [0.05, 0.1) is 6.20 Å². The van der Waals surface area contributed by atoms with E-state index in [0.717, 1.165) is 22.6 Å². The van der Waals surface area contributed by atoms with Gasteiger partial charge in [-0.15, -0.1) is 5.10 Å². The van der Waals surface area contributed by atoms with Gasteiger partial charge in [0.1, 0.15) is 5.82 Å². The molecule has 0 amide bonds. The van der Waals surface area contributed by atoms with Crippen LogP contribution in [0.25, 0.3) is 0 Å². The number of aromatic nitrogens is 2. The molecule has 0 aliphatic carbocycles. The highest BCUT2D eigenvalue weighted by molar-refractivity contribution is 5.42. The van der Waals surface area contributed by atoms with Crippen molar-refractivity contribution in [2.45, 2.75) is 13.5 Å². The second kappa shape index (κ2) is 4.61. The Labute approximate surface area is 94.5 Å². The van der Waals surface area contributed by atoms with Crippen molar-refractivity contribution in [3.63, 3.8) is 0 Å². The van der Waals surface area contributed by atoms with Crippen LogP contribution in [0.4, 0.5) is 11.5 Å². The number of nitrogen functional groups attached to an aromatic ring is 1. The van der Waals surface area contributed by atoms with Crippen LogP contribution in [0, 0.1) is 6.92 Å². The molecule has 0 saturated heterocycles. The number of nitrogens with one attached hydrogen (secondary N) is 1. The lowest BCUT2D eigenvalue weighted by atomic mass is 10.2. The van der Waals surface area contributed by atoms with Gasteiger partial charge in [-0.2, -0.15) is 5.10 Å². The third-order valence-corrected chi connectivity index (χ3v) is 2.22. The van der Waals surface area contributed by atoms with Crippen molar-refractivity contribution in [3.05, 3.63) is 47.7 Å². The molecular formula is C12H14N4. The number of anilines is 2. The molecule has 16 heavy (non-hydrogen) atoms. The third-order valence-electron chi connectivity index (χ3n) is 2.22. The van der Waals surface area contributed by atoms with Gasteiger partial charge in [-0.25, -0.2) is 0 Å². The molecule has 0 bridgehead atoms. The molecule has 82 valence electrons. The predicted molar refractivity (Wildman–Crippen MR) is 65.0 cm³/mol. The zero-order valence-electron chi connectivity index (χ0n) is 9.14. The maximum atomic E-state index is 5.70. The number of nitrogens with two attached hydrogens (primary N) is 1. The Balaban J connectivity index is 2.02. The van der Waals surface area contributed by atoms with Gasteiger partial charge >= 0.3 is 0 Å². The molecule has 0 unspecified atom stereocenters. The van der Waals surface area contributed by atoms with Crippen LogP contribution in [0.1, 0.15) is 11.1 Å². The number of hydrogen-bond donors (Lipinski definition) is 2. The summed E-state index contributed by atoms with van der Waals surface area (Å²) in [5.74, 6) is 0.780. The summed E-state index contributed by atoms with van der Waals surface area (Å²) in [6.07, 6.45) is 1.73. The minimum absolute atomic E-state index is 0.698. The Kier molecular flexibility index (Phi) is 3.00. The van der Waals surface area contributed by atoms with Gasteiger partial charge in [0.15, 0.2) is 0 Å². The fourth-order valence-electron chi connectivity index (χ4n) is 1.45. The molecular weight excluding hydrogens is 200 g/mol. The Bertz CT molecular complexity index is 436. The first kappa shape index (κ1) is 10.4. The zero-order valence-corrected chi connectivity index (χ0v) is 9.14. The van der Waals surface area contributed by atoms with Crippen LogP contribution in [-0.2, 0) is 6.54 Å². The molecule has 4 heteroatoms. The lowest BCUT2D eigenvalue weighted by Crippen LogP contribution is -2.02. The van der Waals surface area contributed by atoms with E-state index in [0.29, 0.717) is 6.54 Å². The average molecular weight is 214 g/mol. The van der Waals surface area contributed by atoms with E-state index in [9.17, 15) is 0 Å². The monoisotopic (exact) mass is 214 g/mol. The zero-order chi connectivity index (χ0) is 11.4. The highest BCUT2D eigenvalue weighted by Gasteiger charge is 1.96. The fourth-order valence-corrected chi connectivity index (χ4v) is 1.45. The Morgan fingerprint density at radius 2 is 2.19 bits per heavy atom. The van der Waals surface area contributed by atoms with Crippen molar-refractivity contribution in [1.29, 1.82) is 0 Å². The van der Waals surface area contributed by atoms with Crippen LogP contribution in [-0.4, -0.2) is 10.2 Å². The van der Waals surface area contributed by atoms with Gasteiger partial charge in [0.2, 0.25) is 0 Å². The van der Waals surface area contributed by atoms with E-state index in [4.69, 9.17) is 5.73 Å². The fraction of sp³-hybridized carbons (Fsp3) is 0.167. The van der Waals surface area contributed by atoms with Gasteiger partial charge in [-0.3, -0.25) is 0 Å². The summed E-state index contributed by atoms with van der Waals surface area (Å²) in [6.45, 7) is 2.68. The van der Waals surface area contributed by atoms with Crippen molar-refractivity contribution in [3.8, 4) is 0 Å². The van der Waals surface area contributed by atoms with Gasteiger partial charge in [0, 0.05) is 12.2 Å². The van der Waals surface area contributed by atoms with Crippen molar-refractivity contribution >= 4 is 11.5 Å². The van der Waals surface area contributed by atoms with Crippen LogP contribution in [0.15, 0.2) is 36.5 Å². The van der Waals surface area contributed by atoms with Crippen molar-refractivity contribution in [2.75, 3.05) is 11.1 Å². The Hall–Kier alpha value is -2.10. The van der Waals surface area contributed by atoms with Crippen LogP contribution in [0.2, 0.25) is 0 Å². The second-order valence-corrected chi connectivity index (χ2v) is 3.72. The summed E-state index contributed by atoms with van der Waals surface area (Å²) >= 11 is 0. The van der Waals surface area contributed by atoms with E-state index < -0.39 is 0 Å². The minimum Gasteiger partial charge on any atom is -0.399 e. The van der Waals surface area contributed by atoms with Gasteiger partial charge in [-0.05, 0) is 36.2 Å². The quantitative estimate of drug-likeness (QED) is 0.767. The maximum absolute atomic E-state index is 5.70. The summed E-state index contributed by atoms with van der Waals surface area (Å²) in [7, 11) is 0. The van der Waals surface area contributed by atoms with Gasteiger partial charge in [-0.1, -0.05) is 12.1 Å². The van der Waals surface area contributed by atoms with Gasteiger partial charge < -0.3 is 11.1 Å². The maximum Gasteiger partial charge on any atom is 0.149 e. The van der Waals surface area contributed by atoms with E-state index in [1.807, 2.05) is 37.3 Å². The predicted octanol–water partition coefficient (Wildman–Crippen LogP) is 1.98. The standard InChI is InChI=1S/C12H14N4/c1-9-5-12(16-15-7-9)14-8-10-3-2-4-11(13)6-10/h2-7H,8,13H2,1H3,(H,14,16). The van der Waals surface area contributed by atoms with Crippen LogP contribution in [0.5, 0.6) is 0 Å². The van der Waals surface area contributed by atoms with Crippen molar-refractivity contribution in [1.82, 2.24) is 10.2 Å². The summed E-state index contributed by atoms with van der Waals surface area (Å²) in [4.78, 5) is 0. The van der Waals surface area contributed by atoms with Gasteiger partial charge in [0.25, 0.3) is 0 Å². The second-order valence-electron chi connectivity index (χ2n) is 3.72. The largest absolute Gasteiger partial charge is 0.399 e. The number of nitrogens with zero attached hydrogens (tertiary/aromatic N) is 2. The molecule has 3 N–H and O–H groups in total. The molecule has 1 aromatic heterocycles. The number of rotatable bonds is 3. The molecule has 0 saturated carbocycles. The van der Waals surface area contributed by atoms with E-state index in [1.165, 1.54) is 0 Å². The molecule has 0 atom stereocenters. The minimum atomic E-state index is 0.698. The molecule has 1 aromatic carbocycles. The molecule has 0 aliphatic rings. The SMILES string of the molecule is Cc1cnnc(NCc2cccc(N)c2)c1. The first-order valence-corrected chi connectivity index (χ1v) is 5.11. The summed E-state index contributed by atoms with van der Waals surface area (Å²) in [5.41, 5.74) is 8.68. The van der Waals surface area contributed by atoms with Crippen LogP contribution in [0.3, 0.4) is 0 Å². The van der Waals surface area contributed by atoms with E-state index in [1.54, 1.807) is 6.20 Å². The van der Waals surface area contributed by atoms with Crippen molar-refractivity contribution < 1.29 is 0 Å². The number of hydrogen-bond acceptors (Lipinski definition) is 4. The van der Waals surface area contributed by atoms with E-state index >= 15 is 0 Å². The molecule has 1 heterocycles. The highest BCUT2D eigenvalue weighted by Crippen LogP contribution is 2.09. The molecule has 0 fully saturated rings. The van der Waals surface area contributed by atoms with E-state index in [-0.39, 0.29) is 0 Å². The van der Waals surface area contributed by atoms with Crippen LogP contribution >= 0.6 is 0 Å². The Morgan fingerprint density at radius 1 is 1.31 bits per heavy atom. The summed E-state index contributed by atoms with van der Waals surface area (Å²) in [5, 5.41) is 11.1. The first-order chi connectivity index (χ1) is 7.74. The average Bonchev–Trinajstić information content (AvgIpc) is 2.27. The smallest absolute Gasteiger partial charge is 0.149 e. The van der Waals surface area contributed by atoms with E-state index in [2.05, 4.69) is 15.5 Å². The summed E-state index contributed by atoms with van der Waals surface area (Å²) in [6, 6.07) is 9.73. The first-order valence-electron chi connectivity index (χ1n) is 5.11. The molecule has 2 aromatic rings. The molecule has 4 nitrogen and oxygen atoms in total. The Morgan fingerprint density at radius 3 is 2.94 bits per heavy atom. The lowest BCUT2D eigenvalue weighted by molar-refractivity contribution is 0.988. The number of aryl methyl sites for hydroxylation is 1. The highest BCUT2D eigenvalue weighted by atomic mass is 15.2. The molecule has 0 radical (unpaired) electrons. The lowest BCUT2D eigenvalue weighted by Gasteiger charge is -2.05. The molecule has 0 spiro atoms. The van der Waals surface area contributed by atoms with Crippen molar-refractivity contribution in [2.24, 2.45) is 0 Å². The molecule has 2 rings (SSSR count).